The first-order valence-electron chi connectivity index (χ1n) is 10.6. The number of carbonyl (C=O) groups is 1. The van der Waals surface area contributed by atoms with Crippen molar-refractivity contribution in [1.82, 2.24) is 4.90 Å². The standard InChI is InChI=1S/C24H24N4O5S2/c1-14-5-7-16(8-6-14)32-9-10-33-20-18(30-2)12-15(13-19(20)31-3)11-17-21(25)28-23(26-22(17)29)35-27-24(28)34-4/h5-8,11-13,25H,9-10H2,1-4H3/b17-11-,25-21?. The molecule has 182 valence electrons. The van der Waals surface area contributed by atoms with Crippen molar-refractivity contribution in [2.45, 2.75) is 6.92 Å². The summed E-state index contributed by atoms with van der Waals surface area (Å²) in [5, 5.41) is 9.55. The zero-order valence-electron chi connectivity index (χ0n) is 19.7. The number of amides is 1. The highest BCUT2D eigenvalue weighted by molar-refractivity contribution is 8.18. The third-order valence-electron chi connectivity index (χ3n) is 5.09. The number of aryl methyl sites for hydroxylation is 1. The molecule has 0 aromatic heterocycles. The van der Waals surface area contributed by atoms with Crippen LogP contribution in [0.3, 0.4) is 0 Å². The van der Waals surface area contributed by atoms with Crippen LogP contribution in [0.25, 0.3) is 6.08 Å². The zero-order chi connectivity index (χ0) is 24.9. The van der Waals surface area contributed by atoms with Crippen LogP contribution in [-0.2, 0) is 4.79 Å². The van der Waals surface area contributed by atoms with Crippen LogP contribution in [0.1, 0.15) is 11.1 Å². The topological polar surface area (TPSA) is 106 Å². The molecule has 4 rings (SSSR count). The quantitative estimate of drug-likeness (QED) is 0.315. The second-order valence-electron chi connectivity index (χ2n) is 7.38. The molecule has 0 atom stereocenters. The van der Waals surface area contributed by atoms with Gasteiger partial charge in [0.1, 0.15) is 24.8 Å². The normalized spacial score (nSPS) is 16.1. The third-order valence-corrected chi connectivity index (χ3v) is 6.55. The van der Waals surface area contributed by atoms with Crippen molar-refractivity contribution in [3.63, 3.8) is 0 Å². The first-order valence-corrected chi connectivity index (χ1v) is 12.6. The molecule has 2 aromatic rings. The molecule has 0 bridgehead atoms. The average Bonchev–Trinajstić information content (AvgIpc) is 3.28. The van der Waals surface area contributed by atoms with E-state index in [1.165, 1.54) is 26.0 Å². The Hall–Kier alpha value is -3.44. The van der Waals surface area contributed by atoms with E-state index in [0.29, 0.717) is 39.8 Å². The van der Waals surface area contributed by atoms with Crippen LogP contribution < -0.4 is 18.9 Å². The number of hydrogen-bond acceptors (Lipinski definition) is 9. The minimum absolute atomic E-state index is 0.0182. The molecule has 2 aliphatic rings. The predicted molar refractivity (Wildman–Crippen MR) is 140 cm³/mol. The molecule has 9 nitrogen and oxygen atoms in total. The van der Waals surface area contributed by atoms with E-state index in [0.717, 1.165) is 23.3 Å². The van der Waals surface area contributed by atoms with Gasteiger partial charge in [-0.05, 0) is 49.1 Å². The molecule has 0 saturated heterocycles. The highest BCUT2D eigenvalue weighted by atomic mass is 32.2. The van der Waals surface area contributed by atoms with Crippen LogP contribution >= 0.6 is 23.7 Å². The maximum Gasteiger partial charge on any atom is 0.283 e. The third kappa shape index (κ3) is 5.30. The number of rotatable bonds is 8. The van der Waals surface area contributed by atoms with Gasteiger partial charge in [-0.15, -0.1) is 0 Å². The van der Waals surface area contributed by atoms with Gasteiger partial charge in [0.05, 0.1) is 31.7 Å². The number of nitrogens with one attached hydrogen (secondary N) is 1. The Balaban J connectivity index is 1.53. The number of amidine groups is 3. The van der Waals surface area contributed by atoms with E-state index >= 15 is 0 Å². The molecule has 0 spiro atoms. The summed E-state index contributed by atoms with van der Waals surface area (Å²) in [6, 6.07) is 11.2. The van der Waals surface area contributed by atoms with Crippen molar-refractivity contribution in [3.05, 3.63) is 53.1 Å². The number of carbonyl (C=O) groups excluding carboxylic acids is 1. The molecule has 0 radical (unpaired) electrons. The van der Waals surface area contributed by atoms with Gasteiger partial charge in [-0.3, -0.25) is 10.2 Å². The molecule has 0 unspecified atom stereocenters. The Kier molecular flexibility index (Phi) is 7.67. The Labute approximate surface area is 211 Å². The molecule has 11 heteroatoms. The van der Waals surface area contributed by atoms with E-state index < -0.39 is 5.91 Å². The van der Waals surface area contributed by atoms with Crippen LogP contribution in [-0.4, -0.2) is 60.7 Å². The maximum absolute atomic E-state index is 12.6. The van der Waals surface area contributed by atoms with Crippen LogP contribution in [0, 0.1) is 12.3 Å². The summed E-state index contributed by atoms with van der Waals surface area (Å²) in [5.74, 6) is 1.55. The number of benzene rings is 2. The summed E-state index contributed by atoms with van der Waals surface area (Å²) < 4.78 is 26.9. The second kappa shape index (κ2) is 10.9. The van der Waals surface area contributed by atoms with Crippen LogP contribution in [0.4, 0.5) is 0 Å². The summed E-state index contributed by atoms with van der Waals surface area (Å²) in [6.07, 6.45) is 3.44. The predicted octanol–water partition coefficient (Wildman–Crippen LogP) is 4.41. The van der Waals surface area contributed by atoms with Gasteiger partial charge in [0, 0.05) is 0 Å². The molecule has 35 heavy (non-hydrogen) atoms. The van der Waals surface area contributed by atoms with E-state index in [2.05, 4.69) is 9.39 Å². The summed E-state index contributed by atoms with van der Waals surface area (Å²) in [5.41, 5.74) is 1.90. The van der Waals surface area contributed by atoms with E-state index in [9.17, 15) is 4.79 Å². The number of fused-ring (bicyclic) bond motifs is 1. The van der Waals surface area contributed by atoms with Gasteiger partial charge in [-0.2, -0.15) is 9.39 Å². The number of aliphatic imine (C=N–C) groups is 1. The second-order valence-corrected chi connectivity index (χ2v) is 8.88. The molecule has 1 N–H and O–H groups in total. The van der Waals surface area contributed by atoms with Crippen molar-refractivity contribution in [2.24, 2.45) is 9.39 Å². The Morgan fingerprint density at radius 1 is 1.09 bits per heavy atom. The zero-order valence-corrected chi connectivity index (χ0v) is 21.3. The smallest absolute Gasteiger partial charge is 0.283 e. The number of ether oxygens (including phenoxy) is 4. The van der Waals surface area contributed by atoms with Crippen molar-refractivity contribution in [3.8, 4) is 23.0 Å². The number of hydrogen-bond donors (Lipinski definition) is 1. The van der Waals surface area contributed by atoms with Gasteiger partial charge in [0.25, 0.3) is 5.91 Å². The monoisotopic (exact) mass is 512 g/mol. The van der Waals surface area contributed by atoms with E-state index in [4.69, 9.17) is 24.4 Å². The number of thioether (sulfide) groups is 1. The summed E-state index contributed by atoms with van der Waals surface area (Å²) in [7, 11) is 3.04. The van der Waals surface area contributed by atoms with Crippen molar-refractivity contribution in [1.29, 1.82) is 5.41 Å². The Morgan fingerprint density at radius 2 is 1.74 bits per heavy atom. The molecular formula is C24H24N4O5S2. The van der Waals surface area contributed by atoms with Crippen LogP contribution in [0.5, 0.6) is 23.0 Å². The largest absolute Gasteiger partial charge is 0.493 e. The molecule has 2 heterocycles. The van der Waals surface area contributed by atoms with Gasteiger partial charge in [0.15, 0.2) is 16.7 Å². The lowest BCUT2D eigenvalue weighted by Gasteiger charge is -2.24. The number of nitrogens with zero attached hydrogens (tertiary/aromatic N) is 3. The average molecular weight is 513 g/mol. The SMILES string of the molecule is COc1cc(/C=C2/C(=N)N3C(SC)=NSC3=NC2=O)cc(OC)c1OCCOc1ccc(C)cc1. The van der Waals surface area contributed by atoms with E-state index in [1.54, 1.807) is 23.1 Å². The molecule has 2 aromatic carbocycles. The highest BCUT2D eigenvalue weighted by Gasteiger charge is 2.37. The Morgan fingerprint density at radius 3 is 2.37 bits per heavy atom. The lowest BCUT2D eigenvalue weighted by molar-refractivity contribution is -0.114. The molecule has 2 aliphatic heterocycles. The fraction of sp³-hybridized carbons (Fsp3) is 0.250. The fourth-order valence-corrected chi connectivity index (χ4v) is 4.82. The van der Waals surface area contributed by atoms with Crippen molar-refractivity contribution < 1.29 is 23.7 Å². The summed E-state index contributed by atoms with van der Waals surface area (Å²) in [4.78, 5) is 18.3. The van der Waals surface area contributed by atoms with E-state index in [-0.39, 0.29) is 18.0 Å². The van der Waals surface area contributed by atoms with Crippen molar-refractivity contribution in [2.75, 3.05) is 33.7 Å². The van der Waals surface area contributed by atoms with E-state index in [1.807, 2.05) is 37.4 Å². The van der Waals surface area contributed by atoms with Gasteiger partial charge in [-0.25, -0.2) is 4.90 Å². The molecule has 1 amide bonds. The van der Waals surface area contributed by atoms with Gasteiger partial charge >= 0.3 is 0 Å². The van der Waals surface area contributed by atoms with Gasteiger partial charge < -0.3 is 18.9 Å². The Bertz CT molecular complexity index is 1220. The van der Waals surface area contributed by atoms with Gasteiger partial charge in [-0.1, -0.05) is 29.5 Å². The number of methoxy groups -OCH3 is 2. The lowest BCUT2D eigenvalue weighted by atomic mass is 10.1. The van der Waals surface area contributed by atoms with Crippen LogP contribution in [0.2, 0.25) is 0 Å². The fourth-order valence-electron chi connectivity index (χ4n) is 3.36. The first-order chi connectivity index (χ1) is 16.9. The minimum atomic E-state index is -0.502. The van der Waals surface area contributed by atoms with Crippen molar-refractivity contribution >= 4 is 51.9 Å². The lowest BCUT2D eigenvalue weighted by Crippen LogP contribution is -2.41. The van der Waals surface area contributed by atoms with Crippen LogP contribution in [0.15, 0.2) is 51.4 Å². The molecular weight excluding hydrogens is 488 g/mol. The maximum atomic E-state index is 12.6. The molecule has 0 fully saturated rings. The van der Waals surface area contributed by atoms with Gasteiger partial charge in [0.2, 0.25) is 10.9 Å². The molecule has 0 saturated carbocycles. The minimum Gasteiger partial charge on any atom is -0.493 e. The first kappa shape index (κ1) is 24.7. The molecule has 0 aliphatic carbocycles. The summed E-state index contributed by atoms with van der Waals surface area (Å²) in [6.45, 7) is 2.62. The summed E-state index contributed by atoms with van der Waals surface area (Å²) >= 11 is 2.47. The highest BCUT2D eigenvalue weighted by Crippen LogP contribution is 2.40.